The lowest BCUT2D eigenvalue weighted by Gasteiger charge is -2.31. The first-order valence-electron chi connectivity index (χ1n) is 10.1. The summed E-state index contributed by atoms with van der Waals surface area (Å²) in [7, 11) is 0. The molecule has 0 aliphatic carbocycles. The van der Waals surface area contributed by atoms with E-state index in [2.05, 4.69) is 33.5 Å². The third kappa shape index (κ3) is 3.86. The molecule has 1 aromatic heterocycles. The van der Waals surface area contributed by atoms with Gasteiger partial charge in [-0.25, -0.2) is 4.79 Å². The van der Waals surface area contributed by atoms with Crippen LogP contribution >= 0.6 is 0 Å². The number of benzene rings is 1. The number of hydrogen-bond donors (Lipinski definition) is 0. The molecule has 3 heterocycles. The number of amides is 1. The number of ether oxygens (including phenoxy) is 1. The Morgan fingerprint density at radius 3 is 2.66 bits per heavy atom. The Kier molecular flexibility index (Phi) is 4.84. The lowest BCUT2D eigenvalue weighted by Crippen LogP contribution is -2.43. The summed E-state index contributed by atoms with van der Waals surface area (Å²) in [4.78, 5) is 33.4. The van der Waals surface area contributed by atoms with Crippen molar-refractivity contribution in [1.29, 1.82) is 0 Å². The van der Waals surface area contributed by atoms with Gasteiger partial charge in [0.15, 0.2) is 0 Å². The Morgan fingerprint density at radius 2 is 1.93 bits per heavy atom. The Bertz CT molecular complexity index is 1010. The van der Waals surface area contributed by atoms with E-state index in [1.54, 1.807) is 4.90 Å². The van der Waals surface area contributed by atoms with E-state index in [4.69, 9.17) is 4.74 Å². The number of fused-ring (bicyclic) bond motifs is 3. The molecule has 0 bridgehead atoms. The maximum absolute atomic E-state index is 12.8. The minimum atomic E-state index is -0.557. The Hall–Kier alpha value is -2.83. The number of hydrogen-bond acceptors (Lipinski definition) is 5. The third-order valence-electron chi connectivity index (χ3n) is 5.49. The SMILES string of the molecule is Cc1ccccc1CN1CCn2c1nc(=O)c1c2CCN(C(=O)OC(C)(C)C)C1. The summed E-state index contributed by atoms with van der Waals surface area (Å²) >= 11 is 0. The van der Waals surface area contributed by atoms with Crippen molar-refractivity contribution in [1.82, 2.24) is 14.5 Å². The third-order valence-corrected chi connectivity index (χ3v) is 5.49. The van der Waals surface area contributed by atoms with Crippen molar-refractivity contribution >= 4 is 12.0 Å². The molecular formula is C22H28N4O3. The highest BCUT2D eigenvalue weighted by Crippen LogP contribution is 2.27. The molecule has 0 saturated heterocycles. The van der Waals surface area contributed by atoms with Crippen molar-refractivity contribution in [3.63, 3.8) is 0 Å². The van der Waals surface area contributed by atoms with Crippen molar-refractivity contribution in [3.05, 3.63) is 57.0 Å². The highest BCUT2D eigenvalue weighted by Gasteiger charge is 2.32. The van der Waals surface area contributed by atoms with Crippen LogP contribution in [0.4, 0.5) is 10.7 Å². The van der Waals surface area contributed by atoms with Gasteiger partial charge in [0.25, 0.3) is 5.56 Å². The lowest BCUT2D eigenvalue weighted by atomic mass is 10.1. The molecule has 1 aromatic carbocycles. The van der Waals surface area contributed by atoms with Crippen molar-refractivity contribution < 1.29 is 9.53 Å². The van der Waals surface area contributed by atoms with E-state index in [-0.39, 0.29) is 18.2 Å². The number of nitrogens with zero attached hydrogens (tertiary/aromatic N) is 4. The summed E-state index contributed by atoms with van der Waals surface area (Å²) in [6.45, 7) is 10.8. The summed E-state index contributed by atoms with van der Waals surface area (Å²) in [6, 6.07) is 8.29. The van der Waals surface area contributed by atoms with Crippen LogP contribution in [0, 0.1) is 6.92 Å². The summed E-state index contributed by atoms with van der Waals surface area (Å²) < 4.78 is 7.62. The molecule has 1 amide bonds. The first-order valence-corrected chi connectivity index (χ1v) is 10.1. The highest BCUT2D eigenvalue weighted by atomic mass is 16.6. The number of anilines is 1. The minimum absolute atomic E-state index is 0.240. The van der Waals surface area contributed by atoms with Crippen molar-refractivity contribution in [2.45, 2.75) is 59.4 Å². The van der Waals surface area contributed by atoms with E-state index in [0.29, 0.717) is 18.5 Å². The van der Waals surface area contributed by atoms with Crippen molar-refractivity contribution in [3.8, 4) is 0 Å². The molecule has 0 saturated carbocycles. The molecule has 7 heteroatoms. The molecule has 0 fully saturated rings. The topological polar surface area (TPSA) is 67.7 Å². The molecule has 29 heavy (non-hydrogen) atoms. The molecule has 154 valence electrons. The molecule has 2 aliphatic rings. The second-order valence-electron chi connectivity index (χ2n) is 8.79. The van der Waals surface area contributed by atoms with E-state index < -0.39 is 5.60 Å². The van der Waals surface area contributed by atoms with Crippen LogP contribution in [0.5, 0.6) is 0 Å². The van der Waals surface area contributed by atoms with Gasteiger partial charge in [-0.2, -0.15) is 4.98 Å². The fourth-order valence-corrected chi connectivity index (χ4v) is 4.00. The fourth-order valence-electron chi connectivity index (χ4n) is 4.00. The summed E-state index contributed by atoms with van der Waals surface area (Å²) in [6.07, 6.45) is 0.256. The van der Waals surface area contributed by atoms with Gasteiger partial charge < -0.3 is 19.1 Å². The first kappa shape index (κ1) is 19.5. The standard InChI is InChI=1S/C22H28N4O3/c1-15-7-5-6-8-16(15)13-24-11-12-26-18-9-10-25(21(28)29-22(2,3)4)14-17(18)19(27)23-20(24)26/h5-8H,9-14H2,1-4H3. The van der Waals surface area contributed by atoms with Gasteiger partial charge in [0.1, 0.15) is 5.60 Å². The van der Waals surface area contributed by atoms with Crippen LogP contribution < -0.4 is 10.5 Å². The number of carbonyl (C=O) groups excluding carboxylic acids is 1. The van der Waals surface area contributed by atoms with Gasteiger partial charge in [0.05, 0.1) is 12.1 Å². The monoisotopic (exact) mass is 396 g/mol. The van der Waals surface area contributed by atoms with E-state index in [1.165, 1.54) is 11.1 Å². The fraction of sp³-hybridized carbons (Fsp3) is 0.500. The average molecular weight is 396 g/mol. The molecular weight excluding hydrogens is 368 g/mol. The van der Waals surface area contributed by atoms with E-state index in [0.717, 1.165) is 31.3 Å². The van der Waals surface area contributed by atoms with Crippen LogP contribution in [-0.2, 0) is 30.8 Å². The number of carbonyl (C=O) groups is 1. The minimum Gasteiger partial charge on any atom is -0.444 e. The first-order chi connectivity index (χ1) is 13.7. The Balaban J connectivity index is 1.59. The zero-order valence-corrected chi connectivity index (χ0v) is 17.6. The zero-order chi connectivity index (χ0) is 20.8. The second kappa shape index (κ2) is 7.21. The van der Waals surface area contributed by atoms with Gasteiger partial charge in [-0.15, -0.1) is 0 Å². The predicted octanol–water partition coefficient (Wildman–Crippen LogP) is 2.87. The molecule has 0 atom stereocenters. The Morgan fingerprint density at radius 1 is 1.17 bits per heavy atom. The van der Waals surface area contributed by atoms with Crippen LogP contribution in [0.3, 0.4) is 0 Å². The van der Waals surface area contributed by atoms with Gasteiger partial charge in [-0.05, 0) is 38.8 Å². The van der Waals surface area contributed by atoms with Gasteiger partial charge in [0, 0.05) is 38.3 Å². The second-order valence-corrected chi connectivity index (χ2v) is 8.79. The smallest absolute Gasteiger partial charge is 0.410 e. The molecule has 0 radical (unpaired) electrons. The van der Waals surface area contributed by atoms with Crippen LogP contribution in [-0.4, -0.2) is 39.2 Å². The molecule has 0 N–H and O–H groups in total. The highest BCUT2D eigenvalue weighted by molar-refractivity contribution is 5.68. The molecule has 7 nitrogen and oxygen atoms in total. The van der Waals surface area contributed by atoms with E-state index >= 15 is 0 Å². The van der Waals surface area contributed by atoms with E-state index in [1.807, 2.05) is 32.9 Å². The molecule has 2 aliphatic heterocycles. The molecule has 2 aromatic rings. The molecule has 4 rings (SSSR count). The maximum Gasteiger partial charge on any atom is 0.410 e. The molecule has 0 spiro atoms. The summed E-state index contributed by atoms with van der Waals surface area (Å²) in [5, 5.41) is 0. The normalized spacial score (nSPS) is 15.9. The van der Waals surface area contributed by atoms with Crippen LogP contribution in [0.2, 0.25) is 0 Å². The van der Waals surface area contributed by atoms with Gasteiger partial charge in [-0.3, -0.25) is 4.79 Å². The predicted molar refractivity (Wildman–Crippen MR) is 111 cm³/mol. The van der Waals surface area contributed by atoms with Crippen LogP contribution in [0.25, 0.3) is 0 Å². The Labute approximate surface area is 170 Å². The quantitative estimate of drug-likeness (QED) is 0.781. The van der Waals surface area contributed by atoms with Crippen LogP contribution in [0.15, 0.2) is 29.1 Å². The van der Waals surface area contributed by atoms with Gasteiger partial charge >= 0.3 is 6.09 Å². The summed E-state index contributed by atoms with van der Waals surface area (Å²) in [5.41, 5.74) is 3.30. The maximum atomic E-state index is 12.8. The summed E-state index contributed by atoms with van der Waals surface area (Å²) in [5.74, 6) is 0.739. The van der Waals surface area contributed by atoms with E-state index in [9.17, 15) is 9.59 Å². The number of rotatable bonds is 2. The number of aromatic nitrogens is 2. The molecule has 0 unspecified atom stereocenters. The van der Waals surface area contributed by atoms with Crippen molar-refractivity contribution in [2.75, 3.05) is 18.0 Å². The van der Waals surface area contributed by atoms with Crippen LogP contribution in [0.1, 0.15) is 43.2 Å². The number of aryl methyl sites for hydroxylation is 1. The van der Waals surface area contributed by atoms with Gasteiger partial charge in [0.2, 0.25) is 5.95 Å². The van der Waals surface area contributed by atoms with Gasteiger partial charge in [-0.1, -0.05) is 24.3 Å². The zero-order valence-electron chi connectivity index (χ0n) is 17.6. The average Bonchev–Trinajstić information content (AvgIpc) is 3.05. The largest absolute Gasteiger partial charge is 0.444 e. The lowest BCUT2D eigenvalue weighted by molar-refractivity contribution is 0.0220. The van der Waals surface area contributed by atoms with Crippen molar-refractivity contribution in [2.24, 2.45) is 0 Å².